The zero-order chi connectivity index (χ0) is 21.0. The fraction of sp³-hybridized carbons (Fsp3) is 0.105. The van der Waals surface area contributed by atoms with Crippen LogP contribution in [0.3, 0.4) is 0 Å². The summed E-state index contributed by atoms with van der Waals surface area (Å²) in [5.41, 5.74) is 1.50. The van der Waals surface area contributed by atoms with Gasteiger partial charge in [-0.15, -0.1) is 0 Å². The molecule has 150 valence electrons. The van der Waals surface area contributed by atoms with Gasteiger partial charge >= 0.3 is 6.03 Å². The molecule has 0 radical (unpaired) electrons. The van der Waals surface area contributed by atoms with Crippen LogP contribution >= 0.6 is 34.5 Å². The van der Waals surface area contributed by atoms with Crippen molar-refractivity contribution in [2.24, 2.45) is 0 Å². The van der Waals surface area contributed by atoms with Gasteiger partial charge in [0.1, 0.15) is 10.6 Å². The Hall–Kier alpha value is -2.81. The van der Waals surface area contributed by atoms with Crippen molar-refractivity contribution in [1.29, 1.82) is 0 Å². The van der Waals surface area contributed by atoms with Crippen LogP contribution in [0.2, 0.25) is 10.0 Å². The van der Waals surface area contributed by atoms with Gasteiger partial charge in [0.15, 0.2) is 5.13 Å². The van der Waals surface area contributed by atoms with Crippen LogP contribution in [0.4, 0.5) is 21.3 Å². The van der Waals surface area contributed by atoms with Crippen LogP contribution < -0.4 is 20.7 Å². The number of nitrogens with one attached hydrogen (secondary N) is 3. The molecule has 2 aromatic carbocycles. The molecule has 0 unspecified atom stereocenters. The molecule has 0 saturated heterocycles. The third-order valence-electron chi connectivity index (χ3n) is 3.76. The average molecular weight is 451 g/mol. The van der Waals surface area contributed by atoms with Crippen LogP contribution in [0.1, 0.15) is 15.4 Å². The molecule has 1 heterocycles. The summed E-state index contributed by atoms with van der Waals surface area (Å²) in [5.74, 6) is 0.163. The zero-order valence-electron chi connectivity index (χ0n) is 15.4. The third-order valence-corrected chi connectivity index (χ3v) is 5.57. The van der Waals surface area contributed by atoms with Crippen molar-refractivity contribution in [3.8, 4) is 5.75 Å². The van der Waals surface area contributed by atoms with E-state index in [1.165, 1.54) is 7.11 Å². The Morgan fingerprint density at radius 2 is 1.79 bits per heavy atom. The van der Waals surface area contributed by atoms with Gasteiger partial charge in [-0.1, -0.05) is 46.7 Å². The number of methoxy groups -OCH3 is 1. The molecule has 3 rings (SSSR count). The molecule has 7 nitrogen and oxygen atoms in total. The van der Waals surface area contributed by atoms with Gasteiger partial charge in [-0.05, 0) is 37.3 Å². The molecular weight excluding hydrogens is 435 g/mol. The van der Waals surface area contributed by atoms with Crippen molar-refractivity contribution in [2.45, 2.75) is 6.92 Å². The van der Waals surface area contributed by atoms with Crippen molar-refractivity contribution < 1.29 is 14.3 Å². The third kappa shape index (κ3) is 5.17. The number of carbonyl (C=O) groups is 2. The minimum Gasteiger partial charge on any atom is -0.495 e. The summed E-state index contributed by atoms with van der Waals surface area (Å²) in [7, 11) is 1.52. The summed E-state index contributed by atoms with van der Waals surface area (Å²) in [5, 5.41) is 9.05. The predicted molar refractivity (Wildman–Crippen MR) is 117 cm³/mol. The number of urea groups is 1. The van der Waals surface area contributed by atoms with Crippen LogP contribution in [-0.4, -0.2) is 24.0 Å². The highest BCUT2D eigenvalue weighted by Gasteiger charge is 2.17. The van der Waals surface area contributed by atoms with Gasteiger partial charge in [-0.2, -0.15) is 0 Å². The van der Waals surface area contributed by atoms with E-state index in [1.807, 2.05) is 0 Å². The molecule has 29 heavy (non-hydrogen) atoms. The molecule has 3 N–H and O–H groups in total. The fourth-order valence-electron chi connectivity index (χ4n) is 2.42. The lowest BCUT2D eigenvalue weighted by molar-refractivity contribution is 0.103. The molecule has 0 fully saturated rings. The van der Waals surface area contributed by atoms with Gasteiger partial charge in [0.05, 0.1) is 28.5 Å². The number of benzene rings is 2. The first kappa shape index (κ1) is 20.9. The lowest BCUT2D eigenvalue weighted by Gasteiger charge is -2.09. The van der Waals surface area contributed by atoms with E-state index in [9.17, 15) is 9.59 Å². The molecule has 0 aliphatic rings. The average Bonchev–Trinajstić information content (AvgIpc) is 3.05. The van der Waals surface area contributed by atoms with Crippen molar-refractivity contribution in [1.82, 2.24) is 4.98 Å². The maximum atomic E-state index is 12.5. The smallest absolute Gasteiger partial charge is 0.325 e. The van der Waals surface area contributed by atoms with E-state index in [0.717, 1.165) is 11.3 Å². The fourth-order valence-corrected chi connectivity index (χ4v) is 3.58. The highest BCUT2D eigenvalue weighted by molar-refractivity contribution is 7.17. The number of hydrogen-bond donors (Lipinski definition) is 3. The number of aryl methyl sites for hydroxylation is 1. The summed E-state index contributed by atoms with van der Waals surface area (Å²) in [6.07, 6.45) is 0. The number of thiazole rings is 1. The van der Waals surface area contributed by atoms with Gasteiger partial charge in [-0.25, -0.2) is 9.78 Å². The largest absolute Gasteiger partial charge is 0.495 e. The Bertz CT molecular complexity index is 1070. The van der Waals surface area contributed by atoms with Crippen LogP contribution in [0, 0.1) is 6.92 Å². The first-order valence-corrected chi connectivity index (χ1v) is 9.89. The molecule has 1 aromatic heterocycles. The number of nitrogens with zero attached hydrogens (tertiary/aromatic N) is 1. The molecule has 0 spiro atoms. The normalized spacial score (nSPS) is 10.3. The number of ether oxygens (including phenoxy) is 1. The number of rotatable bonds is 5. The first-order valence-electron chi connectivity index (χ1n) is 8.32. The van der Waals surface area contributed by atoms with Crippen molar-refractivity contribution >= 4 is 63.0 Å². The Morgan fingerprint density at radius 3 is 2.52 bits per heavy atom. The second-order valence-electron chi connectivity index (χ2n) is 5.80. The van der Waals surface area contributed by atoms with Crippen molar-refractivity contribution in [3.05, 3.63) is 63.1 Å². The highest BCUT2D eigenvalue weighted by atomic mass is 35.5. The molecule has 0 bridgehead atoms. The minimum atomic E-state index is -0.500. The second kappa shape index (κ2) is 9.13. The maximum absolute atomic E-state index is 12.5. The van der Waals surface area contributed by atoms with E-state index < -0.39 is 6.03 Å². The summed E-state index contributed by atoms with van der Waals surface area (Å²) in [4.78, 5) is 29.4. The van der Waals surface area contributed by atoms with E-state index in [2.05, 4.69) is 20.9 Å². The minimum absolute atomic E-state index is 0.286. The van der Waals surface area contributed by atoms with Gasteiger partial charge in [0.25, 0.3) is 5.91 Å². The molecule has 3 aromatic rings. The highest BCUT2D eigenvalue weighted by Crippen LogP contribution is 2.28. The summed E-state index contributed by atoms with van der Waals surface area (Å²) >= 11 is 12.9. The number of anilines is 3. The number of amides is 3. The van der Waals surface area contributed by atoms with Crippen LogP contribution in [0.5, 0.6) is 5.75 Å². The molecule has 0 aliphatic carbocycles. The van der Waals surface area contributed by atoms with E-state index in [1.54, 1.807) is 49.4 Å². The number of carbonyl (C=O) groups excluding carboxylic acids is 2. The second-order valence-corrected chi connectivity index (χ2v) is 7.61. The molecule has 0 aliphatic heterocycles. The number of hydrogen-bond acceptors (Lipinski definition) is 5. The van der Waals surface area contributed by atoms with E-state index >= 15 is 0 Å². The Kier molecular flexibility index (Phi) is 6.58. The van der Waals surface area contributed by atoms with Crippen LogP contribution in [-0.2, 0) is 0 Å². The summed E-state index contributed by atoms with van der Waals surface area (Å²) in [6, 6.07) is 11.3. The van der Waals surface area contributed by atoms with Crippen molar-refractivity contribution in [2.75, 3.05) is 23.1 Å². The molecular formula is C19H16Cl2N4O3S. The SMILES string of the molecule is COc1ccccc1NC(=O)Nc1nc(C)c(C(=O)Nc2ccc(Cl)c(Cl)c2)s1. The van der Waals surface area contributed by atoms with E-state index in [-0.39, 0.29) is 11.0 Å². The monoisotopic (exact) mass is 450 g/mol. The number of aromatic nitrogens is 1. The van der Waals surface area contributed by atoms with E-state index in [0.29, 0.717) is 37.7 Å². The quantitative estimate of drug-likeness (QED) is 0.467. The van der Waals surface area contributed by atoms with Gasteiger partial charge in [-0.3, -0.25) is 10.1 Å². The maximum Gasteiger partial charge on any atom is 0.325 e. The standard InChI is InChI=1S/C19H16Cl2N4O3S/c1-10-16(17(26)23-11-7-8-12(20)13(21)9-11)29-19(22-10)25-18(27)24-14-5-3-4-6-15(14)28-2/h3-9H,1-2H3,(H,23,26)(H2,22,24,25,27). The molecule has 3 amide bonds. The number of para-hydroxylation sites is 2. The van der Waals surface area contributed by atoms with Crippen molar-refractivity contribution in [3.63, 3.8) is 0 Å². The lowest BCUT2D eigenvalue weighted by atomic mass is 10.3. The molecule has 0 atom stereocenters. The van der Waals surface area contributed by atoms with Crippen LogP contribution in [0.15, 0.2) is 42.5 Å². The van der Waals surface area contributed by atoms with Gasteiger partial charge < -0.3 is 15.4 Å². The molecule has 0 saturated carbocycles. The Morgan fingerprint density at radius 1 is 1.03 bits per heavy atom. The lowest BCUT2D eigenvalue weighted by Crippen LogP contribution is -2.19. The van der Waals surface area contributed by atoms with Gasteiger partial charge in [0, 0.05) is 5.69 Å². The summed E-state index contributed by atoms with van der Waals surface area (Å²) < 4.78 is 5.20. The molecule has 10 heteroatoms. The number of halogens is 2. The predicted octanol–water partition coefficient (Wildman–Crippen LogP) is 5.66. The topological polar surface area (TPSA) is 92.3 Å². The zero-order valence-corrected chi connectivity index (χ0v) is 17.7. The van der Waals surface area contributed by atoms with Gasteiger partial charge in [0.2, 0.25) is 0 Å². The first-order chi connectivity index (χ1) is 13.9. The Balaban J connectivity index is 1.68. The van der Waals surface area contributed by atoms with Crippen LogP contribution in [0.25, 0.3) is 0 Å². The van der Waals surface area contributed by atoms with E-state index in [4.69, 9.17) is 27.9 Å². The Labute approximate surface area is 181 Å². The summed E-state index contributed by atoms with van der Waals surface area (Å²) in [6.45, 7) is 1.68.